The zero-order chi connectivity index (χ0) is 14.0. The molecule has 0 N–H and O–H groups in total. The summed E-state index contributed by atoms with van der Waals surface area (Å²) in [6, 6.07) is 2.63. The third-order valence-corrected chi connectivity index (χ3v) is 3.73. The van der Waals surface area contributed by atoms with E-state index >= 15 is 0 Å². The Balaban J connectivity index is 2.22. The minimum Gasteiger partial charge on any atom is -0.370 e. The summed E-state index contributed by atoms with van der Waals surface area (Å²) in [7, 11) is 0. The van der Waals surface area contributed by atoms with Crippen LogP contribution in [-0.4, -0.2) is 30.5 Å². The topological polar surface area (TPSA) is 29.5 Å². The number of ether oxygens (including phenoxy) is 1. The van der Waals surface area contributed by atoms with Gasteiger partial charge in [-0.1, -0.05) is 30.1 Å². The maximum atomic E-state index is 13.5. The van der Waals surface area contributed by atoms with Gasteiger partial charge in [0, 0.05) is 23.6 Å². The molecule has 3 nitrogen and oxygen atoms in total. The monoisotopic (exact) mass is 305 g/mol. The van der Waals surface area contributed by atoms with Crippen LogP contribution in [0.2, 0.25) is 10.0 Å². The maximum absolute atomic E-state index is 13.5. The van der Waals surface area contributed by atoms with Crippen LogP contribution in [0.3, 0.4) is 0 Å². The number of carbonyl (C=O) groups excluding carboxylic acids is 1. The molecule has 0 spiro atoms. The molecular formula is C13H14Cl2FNO2. The molecule has 0 aromatic heterocycles. The minimum absolute atomic E-state index is 0.0222. The summed E-state index contributed by atoms with van der Waals surface area (Å²) in [5.74, 6) is -0.484. The molecule has 0 radical (unpaired) electrons. The first-order valence-corrected chi connectivity index (χ1v) is 6.82. The molecule has 1 aromatic rings. The summed E-state index contributed by atoms with van der Waals surface area (Å²) in [5.41, 5.74) is 0.525. The smallest absolute Gasteiger partial charge is 0.222 e. The lowest BCUT2D eigenvalue weighted by molar-refractivity contribution is -0.138. The fourth-order valence-electron chi connectivity index (χ4n) is 2.07. The van der Waals surface area contributed by atoms with Gasteiger partial charge in [-0.2, -0.15) is 0 Å². The Morgan fingerprint density at radius 2 is 2.21 bits per heavy atom. The molecule has 1 atom stereocenters. The largest absolute Gasteiger partial charge is 0.370 e. The van der Waals surface area contributed by atoms with Crippen molar-refractivity contribution in [2.75, 3.05) is 19.7 Å². The summed E-state index contributed by atoms with van der Waals surface area (Å²) < 4.78 is 19.1. The number of halogens is 3. The Hall–Kier alpha value is -0.840. The molecule has 6 heteroatoms. The second-order valence-electron chi connectivity index (χ2n) is 4.34. The van der Waals surface area contributed by atoms with Crippen LogP contribution in [0.1, 0.15) is 25.0 Å². The van der Waals surface area contributed by atoms with Crippen molar-refractivity contribution in [1.29, 1.82) is 0 Å². The second kappa shape index (κ2) is 6.07. The zero-order valence-electron chi connectivity index (χ0n) is 10.5. The Labute approximate surface area is 121 Å². The summed E-state index contributed by atoms with van der Waals surface area (Å²) >= 11 is 11.7. The van der Waals surface area contributed by atoms with E-state index in [-0.39, 0.29) is 10.9 Å². The quantitative estimate of drug-likeness (QED) is 0.783. The van der Waals surface area contributed by atoms with Crippen LogP contribution in [0.15, 0.2) is 12.1 Å². The van der Waals surface area contributed by atoms with Crippen molar-refractivity contribution in [3.63, 3.8) is 0 Å². The minimum atomic E-state index is -0.538. The molecule has 19 heavy (non-hydrogen) atoms. The van der Waals surface area contributed by atoms with Gasteiger partial charge in [0.25, 0.3) is 0 Å². The number of amides is 1. The van der Waals surface area contributed by atoms with E-state index in [0.717, 1.165) is 0 Å². The van der Waals surface area contributed by atoms with Crippen molar-refractivity contribution in [2.45, 2.75) is 19.4 Å². The molecule has 2 rings (SSSR count). The third-order valence-electron chi connectivity index (χ3n) is 3.11. The van der Waals surface area contributed by atoms with E-state index < -0.39 is 11.9 Å². The van der Waals surface area contributed by atoms with E-state index in [4.69, 9.17) is 27.9 Å². The van der Waals surface area contributed by atoms with Crippen molar-refractivity contribution in [3.05, 3.63) is 33.6 Å². The van der Waals surface area contributed by atoms with E-state index in [1.54, 1.807) is 4.90 Å². The number of carbonyl (C=O) groups is 1. The summed E-state index contributed by atoms with van der Waals surface area (Å²) in [5, 5.41) is 0.327. The van der Waals surface area contributed by atoms with E-state index in [1.165, 1.54) is 12.1 Å². The highest BCUT2D eigenvalue weighted by atomic mass is 35.5. The predicted molar refractivity (Wildman–Crippen MR) is 72.0 cm³/mol. The predicted octanol–water partition coefficient (Wildman–Crippen LogP) is 3.44. The Morgan fingerprint density at radius 3 is 2.89 bits per heavy atom. The molecule has 1 aromatic carbocycles. The first kappa shape index (κ1) is 14.6. The molecule has 0 bridgehead atoms. The van der Waals surface area contributed by atoms with Gasteiger partial charge >= 0.3 is 0 Å². The van der Waals surface area contributed by atoms with Gasteiger partial charge in [-0.05, 0) is 12.1 Å². The lowest BCUT2D eigenvalue weighted by atomic mass is 10.1. The number of rotatable bonds is 2. The third kappa shape index (κ3) is 3.19. The molecule has 1 amide bonds. The van der Waals surface area contributed by atoms with Gasteiger partial charge in [0.15, 0.2) is 0 Å². The van der Waals surface area contributed by atoms with Crippen LogP contribution in [0, 0.1) is 5.82 Å². The van der Waals surface area contributed by atoms with Crippen molar-refractivity contribution in [2.24, 2.45) is 0 Å². The van der Waals surface area contributed by atoms with E-state index in [0.29, 0.717) is 36.7 Å². The molecule has 1 aliphatic rings. The van der Waals surface area contributed by atoms with Crippen molar-refractivity contribution < 1.29 is 13.9 Å². The van der Waals surface area contributed by atoms with Gasteiger partial charge in [0.2, 0.25) is 5.91 Å². The van der Waals surface area contributed by atoms with Gasteiger partial charge in [0.1, 0.15) is 11.9 Å². The SMILES string of the molecule is CCC(=O)N1CCOC(c2cc(F)c(Cl)cc2Cl)C1. The number of nitrogens with zero attached hydrogens (tertiary/aromatic N) is 1. The molecular weight excluding hydrogens is 292 g/mol. The highest BCUT2D eigenvalue weighted by molar-refractivity contribution is 6.35. The Bertz CT molecular complexity index is 496. The van der Waals surface area contributed by atoms with Crippen LogP contribution in [0.4, 0.5) is 4.39 Å². The highest BCUT2D eigenvalue weighted by Crippen LogP contribution is 2.32. The maximum Gasteiger partial charge on any atom is 0.222 e. The Morgan fingerprint density at radius 1 is 1.47 bits per heavy atom. The van der Waals surface area contributed by atoms with Crippen molar-refractivity contribution >= 4 is 29.1 Å². The summed E-state index contributed by atoms with van der Waals surface area (Å²) in [4.78, 5) is 13.4. The average Bonchev–Trinajstić information content (AvgIpc) is 2.42. The molecule has 104 valence electrons. The van der Waals surface area contributed by atoms with Crippen LogP contribution in [-0.2, 0) is 9.53 Å². The van der Waals surface area contributed by atoms with Crippen LogP contribution in [0.5, 0.6) is 0 Å². The van der Waals surface area contributed by atoms with Crippen LogP contribution >= 0.6 is 23.2 Å². The standard InChI is InChI=1S/C13H14Cl2FNO2/c1-2-13(18)17-3-4-19-12(7-17)8-5-11(16)10(15)6-9(8)14/h5-6,12H,2-4,7H2,1H3. The number of hydrogen-bond donors (Lipinski definition) is 0. The zero-order valence-corrected chi connectivity index (χ0v) is 12.0. The molecule has 0 saturated carbocycles. The number of morpholine rings is 1. The summed E-state index contributed by atoms with van der Waals surface area (Å²) in [6.45, 7) is 3.16. The van der Waals surface area contributed by atoms with Crippen molar-refractivity contribution in [3.8, 4) is 0 Å². The van der Waals surface area contributed by atoms with Crippen molar-refractivity contribution in [1.82, 2.24) is 4.90 Å². The van der Waals surface area contributed by atoms with Gasteiger partial charge in [-0.25, -0.2) is 4.39 Å². The Kier molecular flexibility index (Phi) is 4.66. The molecule has 1 unspecified atom stereocenters. The first-order valence-electron chi connectivity index (χ1n) is 6.06. The highest BCUT2D eigenvalue weighted by Gasteiger charge is 2.26. The second-order valence-corrected chi connectivity index (χ2v) is 5.15. The fourth-order valence-corrected chi connectivity index (χ4v) is 2.58. The van der Waals surface area contributed by atoms with Gasteiger partial charge in [-0.15, -0.1) is 0 Å². The molecule has 1 aliphatic heterocycles. The summed E-state index contributed by atoms with van der Waals surface area (Å²) in [6.07, 6.45) is 0.0265. The van der Waals surface area contributed by atoms with E-state index in [1.807, 2.05) is 6.92 Å². The van der Waals surface area contributed by atoms with Gasteiger partial charge in [0.05, 0.1) is 18.2 Å². The number of hydrogen-bond acceptors (Lipinski definition) is 2. The normalized spacial score (nSPS) is 19.6. The van der Waals surface area contributed by atoms with Gasteiger partial charge in [-0.3, -0.25) is 4.79 Å². The van der Waals surface area contributed by atoms with E-state index in [9.17, 15) is 9.18 Å². The van der Waals surface area contributed by atoms with E-state index in [2.05, 4.69) is 0 Å². The lowest BCUT2D eigenvalue weighted by Gasteiger charge is -2.33. The molecule has 1 saturated heterocycles. The molecule has 1 fully saturated rings. The number of benzene rings is 1. The van der Waals surface area contributed by atoms with Crippen LogP contribution in [0.25, 0.3) is 0 Å². The van der Waals surface area contributed by atoms with Gasteiger partial charge < -0.3 is 9.64 Å². The first-order chi connectivity index (χ1) is 9.02. The molecule has 1 heterocycles. The molecule has 0 aliphatic carbocycles. The average molecular weight is 306 g/mol. The van der Waals surface area contributed by atoms with Crippen LogP contribution < -0.4 is 0 Å². The lowest BCUT2D eigenvalue weighted by Crippen LogP contribution is -2.42. The fraction of sp³-hybridized carbons (Fsp3) is 0.462.